The molecule has 1 heterocycles. The third kappa shape index (κ3) is 3.10. The van der Waals surface area contributed by atoms with Gasteiger partial charge in [0.05, 0.1) is 7.11 Å². The van der Waals surface area contributed by atoms with E-state index >= 15 is 0 Å². The smallest absolute Gasteiger partial charge is 0.124 e. The topological polar surface area (TPSA) is 28.3 Å². The highest BCUT2D eigenvalue weighted by atomic mass is 16.5. The fraction of sp³-hybridized carbons (Fsp3) is 0.500. The summed E-state index contributed by atoms with van der Waals surface area (Å²) < 4.78 is 5.54. The molecule has 1 aliphatic carbocycles. The number of aromatic amines is 1. The van der Waals surface area contributed by atoms with E-state index in [-0.39, 0.29) is 0 Å². The molecule has 0 atom stereocenters. The van der Waals surface area contributed by atoms with Gasteiger partial charge in [-0.05, 0) is 51.5 Å². The van der Waals surface area contributed by atoms with Crippen LogP contribution < -0.4 is 0 Å². The van der Waals surface area contributed by atoms with Gasteiger partial charge in [-0.25, -0.2) is 0 Å². The Morgan fingerprint density at radius 2 is 2.21 bits per heavy atom. The first-order chi connectivity index (χ1) is 9.13. The highest BCUT2D eigenvalue weighted by molar-refractivity contribution is 5.73. The van der Waals surface area contributed by atoms with Crippen molar-refractivity contribution in [3.63, 3.8) is 0 Å². The fourth-order valence-corrected chi connectivity index (χ4v) is 2.31. The Balaban J connectivity index is 2.19. The Labute approximate surface area is 116 Å². The molecular formula is C16H24N2O. The Bertz CT molecular complexity index is 483. The first-order valence-electron chi connectivity index (χ1n) is 6.95. The minimum absolute atomic E-state index is 0.579. The van der Waals surface area contributed by atoms with Crippen LogP contribution in [0.3, 0.4) is 0 Å². The van der Waals surface area contributed by atoms with Crippen LogP contribution in [0.4, 0.5) is 0 Å². The van der Waals surface area contributed by atoms with Crippen LogP contribution in [0.2, 0.25) is 0 Å². The molecule has 1 aromatic rings. The van der Waals surface area contributed by atoms with E-state index in [1.165, 1.54) is 11.1 Å². The molecule has 1 aliphatic rings. The molecule has 104 valence electrons. The highest BCUT2D eigenvalue weighted by Crippen LogP contribution is 2.28. The van der Waals surface area contributed by atoms with Crippen LogP contribution >= 0.6 is 0 Å². The van der Waals surface area contributed by atoms with E-state index in [9.17, 15) is 0 Å². The minimum Gasteiger partial charge on any atom is -0.496 e. The SMILES string of the molecule is COC1=CCC=Cc2[nH]cc(CCN(C)C(C)C)c21. The summed E-state index contributed by atoms with van der Waals surface area (Å²) >= 11 is 0. The van der Waals surface area contributed by atoms with Crippen LogP contribution in [0, 0.1) is 0 Å². The monoisotopic (exact) mass is 260 g/mol. The number of aromatic nitrogens is 1. The van der Waals surface area contributed by atoms with Gasteiger partial charge in [0.15, 0.2) is 0 Å². The largest absolute Gasteiger partial charge is 0.496 e. The average Bonchev–Trinajstić information content (AvgIpc) is 2.67. The maximum Gasteiger partial charge on any atom is 0.124 e. The molecule has 0 saturated carbocycles. The number of nitrogens with one attached hydrogen (secondary N) is 1. The number of likely N-dealkylation sites (N-methyl/N-ethyl adjacent to an activating group) is 1. The van der Waals surface area contributed by atoms with Crippen LogP contribution in [0.5, 0.6) is 0 Å². The summed E-state index contributed by atoms with van der Waals surface area (Å²) in [6.07, 6.45) is 10.5. The fourth-order valence-electron chi connectivity index (χ4n) is 2.31. The van der Waals surface area contributed by atoms with Crippen LogP contribution in [-0.2, 0) is 11.2 Å². The lowest BCUT2D eigenvalue weighted by atomic mass is 10.1. The van der Waals surface area contributed by atoms with Crippen molar-refractivity contribution >= 4 is 11.8 Å². The zero-order valence-corrected chi connectivity index (χ0v) is 12.4. The van der Waals surface area contributed by atoms with E-state index in [4.69, 9.17) is 4.74 Å². The number of rotatable bonds is 5. The standard InChI is InChI=1S/C16H24N2O/c1-12(2)18(3)10-9-13-11-17-14-7-5-6-8-15(19-4)16(13)14/h5,7-8,11-12,17H,6,9-10H2,1-4H3. The molecule has 0 unspecified atom stereocenters. The molecule has 0 aromatic carbocycles. The molecule has 0 radical (unpaired) electrons. The third-order valence-corrected chi connectivity index (χ3v) is 3.80. The highest BCUT2D eigenvalue weighted by Gasteiger charge is 2.16. The lowest BCUT2D eigenvalue weighted by Crippen LogP contribution is -2.28. The summed E-state index contributed by atoms with van der Waals surface area (Å²) in [5.74, 6) is 0.989. The third-order valence-electron chi connectivity index (χ3n) is 3.80. The van der Waals surface area contributed by atoms with E-state index in [2.05, 4.69) is 55.2 Å². The Kier molecular flexibility index (Phi) is 4.48. The second kappa shape index (κ2) is 6.11. The van der Waals surface area contributed by atoms with Gasteiger partial charge in [-0.2, -0.15) is 0 Å². The molecule has 3 nitrogen and oxygen atoms in total. The number of hydrogen-bond acceptors (Lipinski definition) is 2. The molecular weight excluding hydrogens is 236 g/mol. The number of ether oxygens (including phenoxy) is 1. The van der Waals surface area contributed by atoms with Crippen LogP contribution in [-0.4, -0.2) is 36.6 Å². The number of H-pyrrole nitrogens is 1. The van der Waals surface area contributed by atoms with E-state index < -0.39 is 0 Å². The zero-order chi connectivity index (χ0) is 13.8. The van der Waals surface area contributed by atoms with Gasteiger partial charge in [0.1, 0.15) is 5.76 Å². The summed E-state index contributed by atoms with van der Waals surface area (Å²) in [4.78, 5) is 5.72. The maximum absolute atomic E-state index is 5.54. The Hall–Kier alpha value is -1.48. The van der Waals surface area contributed by atoms with Crippen molar-refractivity contribution in [2.45, 2.75) is 32.7 Å². The molecule has 0 spiro atoms. The number of nitrogens with zero attached hydrogens (tertiary/aromatic N) is 1. The van der Waals surface area contributed by atoms with E-state index in [0.717, 1.165) is 30.8 Å². The van der Waals surface area contributed by atoms with Gasteiger partial charge in [-0.15, -0.1) is 0 Å². The average molecular weight is 260 g/mol. The normalized spacial score (nSPS) is 14.5. The lowest BCUT2D eigenvalue weighted by molar-refractivity contribution is 0.277. The van der Waals surface area contributed by atoms with Gasteiger partial charge < -0.3 is 14.6 Å². The summed E-state index contributed by atoms with van der Waals surface area (Å²) in [6, 6.07) is 0.579. The summed E-state index contributed by atoms with van der Waals surface area (Å²) in [6.45, 7) is 5.50. The minimum atomic E-state index is 0.579. The number of methoxy groups -OCH3 is 1. The molecule has 1 aromatic heterocycles. The maximum atomic E-state index is 5.54. The molecule has 0 amide bonds. The molecule has 0 saturated heterocycles. The number of hydrogen-bond donors (Lipinski definition) is 1. The Morgan fingerprint density at radius 1 is 1.42 bits per heavy atom. The second-order valence-electron chi connectivity index (χ2n) is 5.34. The van der Waals surface area contributed by atoms with Crippen molar-refractivity contribution in [1.82, 2.24) is 9.88 Å². The van der Waals surface area contributed by atoms with Crippen molar-refractivity contribution in [1.29, 1.82) is 0 Å². The van der Waals surface area contributed by atoms with Gasteiger partial charge in [0.2, 0.25) is 0 Å². The molecule has 3 heteroatoms. The molecule has 2 rings (SSSR count). The van der Waals surface area contributed by atoms with Gasteiger partial charge in [0, 0.05) is 30.0 Å². The van der Waals surface area contributed by atoms with E-state index in [1.807, 2.05) is 0 Å². The quantitative estimate of drug-likeness (QED) is 0.880. The van der Waals surface area contributed by atoms with E-state index in [0.29, 0.717) is 6.04 Å². The van der Waals surface area contributed by atoms with Gasteiger partial charge in [-0.3, -0.25) is 0 Å². The van der Waals surface area contributed by atoms with E-state index in [1.54, 1.807) is 7.11 Å². The first kappa shape index (κ1) is 13.9. The van der Waals surface area contributed by atoms with Crippen molar-refractivity contribution in [3.8, 4) is 0 Å². The first-order valence-corrected chi connectivity index (χ1v) is 6.95. The number of fused-ring (bicyclic) bond motifs is 1. The molecule has 19 heavy (non-hydrogen) atoms. The molecule has 0 aliphatic heterocycles. The van der Waals surface area contributed by atoms with Crippen molar-refractivity contribution < 1.29 is 4.74 Å². The van der Waals surface area contributed by atoms with Crippen LogP contribution in [0.1, 0.15) is 37.1 Å². The second-order valence-corrected chi connectivity index (χ2v) is 5.34. The van der Waals surface area contributed by atoms with Crippen LogP contribution in [0.25, 0.3) is 11.8 Å². The van der Waals surface area contributed by atoms with Crippen LogP contribution in [0.15, 0.2) is 18.3 Å². The summed E-state index contributed by atoms with van der Waals surface area (Å²) in [7, 11) is 3.92. The predicted octanol–water partition coefficient (Wildman–Crippen LogP) is 3.30. The van der Waals surface area contributed by atoms with Crippen molar-refractivity contribution in [2.75, 3.05) is 20.7 Å². The number of allylic oxidation sites excluding steroid dienone is 2. The summed E-state index contributed by atoms with van der Waals surface area (Å²) in [5, 5.41) is 0. The van der Waals surface area contributed by atoms with Crippen molar-refractivity contribution in [2.24, 2.45) is 0 Å². The predicted molar refractivity (Wildman–Crippen MR) is 80.9 cm³/mol. The van der Waals surface area contributed by atoms with Gasteiger partial charge in [0.25, 0.3) is 0 Å². The zero-order valence-electron chi connectivity index (χ0n) is 12.4. The van der Waals surface area contributed by atoms with Crippen molar-refractivity contribution in [3.05, 3.63) is 35.2 Å². The summed E-state index contributed by atoms with van der Waals surface area (Å²) in [5.41, 5.74) is 3.73. The molecule has 0 fully saturated rings. The molecule has 1 N–H and O–H groups in total. The lowest BCUT2D eigenvalue weighted by Gasteiger charge is -2.21. The van der Waals surface area contributed by atoms with Gasteiger partial charge in [-0.1, -0.05) is 6.08 Å². The Morgan fingerprint density at radius 3 is 2.89 bits per heavy atom. The van der Waals surface area contributed by atoms with Gasteiger partial charge >= 0.3 is 0 Å². The molecule has 0 bridgehead atoms.